The predicted octanol–water partition coefficient (Wildman–Crippen LogP) is 4.11. The molecule has 0 spiro atoms. The average molecular weight is 382 g/mol. The van der Waals surface area contributed by atoms with Crippen molar-refractivity contribution < 1.29 is 19.1 Å². The average Bonchev–Trinajstić information content (AvgIpc) is 2.78. The maximum Gasteiger partial charge on any atom is 0.255 e. The van der Waals surface area contributed by atoms with Crippen molar-refractivity contribution in [3.05, 3.63) is 48.0 Å². The molecule has 0 saturated heterocycles. The molecular weight excluding hydrogens is 356 g/mol. The fourth-order valence-corrected chi connectivity index (χ4v) is 3.14. The fraction of sp³-hybridized carbons (Fsp3) is 0.364. The van der Waals surface area contributed by atoms with Gasteiger partial charge < -0.3 is 19.7 Å². The molecule has 6 nitrogen and oxygen atoms in total. The van der Waals surface area contributed by atoms with E-state index in [2.05, 4.69) is 5.32 Å². The number of hydrogen-bond donors (Lipinski definition) is 1. The smallest absolute Gasteiger partial charge is 0.255 e. The van der Waals surface area contributed by atoms with E-state index < -0.39 is 5.41 Å². The highest BCUT2D eigenvalue weighted by Gasteiger charge is 2.37. The molecule has 1 heterocycles. The number of methoxy groups -OCH3 is 1. The summed E-state index contributed by atoms with van der Waals surface area (Å²) in [6.45, 7) is 6.70. The van der Waals surface area contributed by atoms with E-state index in [9.17, 15) is 9.59 Å². The largest absolute Gasteiger partial charge is 0.497 e. The molecule has 1 aliphatic heterocycles. The van der Waals surface area contributed by atoms with Crippen molar-refractivity contribution in [1.29, 1.82) is 0 Å². The minimum atomic E-state index is -0.613. The molecule has 1 aliphatic rings. The van der Waals surface area contributed by atoms with E-state index in [1.807, 2.05) is 20.8 Å². The third-order valence-electron chi connectivity index (χ3n) is 4.70. The zero-order valence-electron chi connectivity index (χ0n) is 16.7. The first-order valence-electron chi connectivity index (χ1n) is 9.40. The summed E-state index contributed by atoms with van der Waals surface area (Å²) in [5.41, 5.74) is 1.16. The number of nitrogens with zero attached hydrogens (tertiary/aromatic N) is 1. The van der Waals surface area contributed by atoms with Gasteiger partial charge in [0.1, 0.15) is 18.1 Å². The Morgan fingerprint density at radius 1 is 1.25 bits per heavy atom. The zero-order chi connectivity index (χ0) is 20.3. The third-order valence-corrected chi connectivity index (χ3v) is 4.70. The molecule has 2 aromatic rings. The maximum absolute atomic E-state index is 13.0. The first-order chi connectivity index (χ1) is 13.4. The molecule has 2 aromatic carbocycles. The summed E-state index contributed by atoms with van der Waals surface area (Å²) in [5.74, 6) is 1.03. The molecule has 6 heteroatoms. The lowest BCUT2D eigenvalue weighted by atomic mass is 9.93. The van der Waals surface area contributed by atoms with Gasteiger partial charge in [0, 0.05) is 17.8 Å². The monoisotopic (exact) mass is 382 g/mol. The highest BCUT2D eigenvalue weighted by molar-refractivity contribution is 6.05. The first kappa shape index (κ1) is 19.7. The number of carbonyl (C=O) groups excluding carboxylic acids is 2. The van der Waals surface area contributed by atoms with E-state index in [1.54, 1.807) is 54.5 Å². The Labute approximate surface area is 165 Å². The van der Waals surface area contributed by atoms with Gasteiger partial charge in [-0.1, -0.05) is 13.0 Å². The lowest BCUT2D eigenvalue weighted by molar-refractivity contribution is -0.127. The second kappa shape index (κ2) is 7.92. The van der Waals surface area contributed by atoms with Gasteiger partial charge in [0.2, 0.25) is 5.91 Å². The van der Waals surface area contributed by atoms with Crippen LogP contribution in [-0.2, 0) is 4.79 Å². The zero-order valence-corrected chi connectivity index (χ0v) is 16.7. The summed E-state index contributed by atoms with van der Waals surface area (Å²) in [4.78, 5) is 27.4. The Hall–Kier alpha value is -3.02. The van der Waals surface area contributed by atoms with Gasteiger partial charge in [-0.15, -0.1) is 0 Å². The van der Waals surface area contributed by atoms with Crippen molar-refractivity contribution in [3.63, 3.8) is 0 Å². The Bertz CT molecular complexity index is 892. The number of carbonyl (C=O) groups is 2. The van der Waals surface area contributed by atoms with Crippen molar-refractivity contribution in [2.24, 2.45) is 5.41 Å². The Balaban J connectivity index is 1.90. The van der Waals surface area contributed by atoms with E-state index in [1.165, 1.54) is 0 Å². The second-order valence-corrected chi connectivity index (χ2v) is 7.50. The number of nitrogens with one attached hydrogen (secondary N) is 1. The lowest BCUT2D eigenvalue weighted by Gasteiger charge is -2.27. The number of hydrogen-bond acceptors (Lipinski definition) is 4. The van der Waals surface area contributed by atoms with Crippen LogP contribution in [0.3, 0.4) is 0 Å². The molecule has 1 N–H and O–H groups in total. The molecule has 0 bridgehead atoms. The molecule has 28 heavy (non-hydrogen) atoms. The van der Waals surface area contributed by atoms with E-state index in [-0.39, 0.29) is 11.8 Å². The summed E-state index contributed by atoms with van der Waals surface area (Å²) < 4.78 is 11.1. The van der Waals surface area contributed by atoms with Crippen molar-refractivity contribution in [2.75, 3.05) is 30.5 Å². The Morgan fingerprint density at radius 2 is 2.04 bits per heavy atom. The molecule has 0 atom stereocenters. The van der Waals surface area contributed by atoms with Crippen LogP contribution in [0.1, 0.15) is 37.6 Å². The van der Waals surface area contributed by atoms with E-state index >= 15 is 0 Å². The van der Waals surface area contributed by atoms with Gasteiger partial charge in [-0.25, -0.2) is 0 Å². The number of anilines is 2. The summed E-state index contributed by atoms with van der Waals surface area (Å²) >= 11 is 0. The molecule has 0 aromatic heterocycles. The van der Waals surface area contributed by atoms with Crippen LogP contribution in [0.2, 0.25) is 0 Å². The number of benzene rings is 2. The van der Waals surface area contributed by atoms with Gasteiger partial charge in [0.05, 0.1) is 18.2 Å². The maximum atomic E-state index is 13.0. The van der Waals surface area contributed by atoms with Gasteiger partial charge in [-0.05, 0) is 56.7 Å². The highest BCUT2D eigenvalue weighted by Crippen LogP contribution is 2.38. The molecular formula is C22H26N2O4. The van der Waals surface area contributed by atoms with Crippen LogP contribution in [-0.4, -0.2) is 32.1 Å². The van der Waals surface area contributed by atoms with Crippen LogP contribution < -0.4 is 19.7 Å². The fourth-order valence-electron chi connectivity index (χ4n) is 3.14. The van der Waals surface area contributed by atoms with Crippen LogP contribution in [0, 0.1) is 5.41 Å². The number of fused-ring (bicyclic) bond motifs is 1. The second-order valence-electron chi connectivity index (χ2n) is 7.50. The summed E-state index contributed by atoms with van der Waals surface area (Å²) in [7, 11) is 1.56. The van der Waals surface area contributed by atoms with Gasteiger partial charge in [0.15, 0.2) is 0 Å². The van der Waals surface area contributed by atoms with Crippen molar-refractivity contribution >= 4 is 23.2 Å². The molecule has 2 amide bonds. The number of rotatable bonds is 5. The molecule has 0 saturated carbocycles. The minimum absolute atomic E-state index is 0.0179. The molecule has 0 aliphatic carbocycles. The van der Waals surface area contributed by atoms with Gasteiger partial charge in [-0.2, -0.15) is 0 Å². The molecule has 0 unspecified atom stereocenters. The van der Waals surface area contributed by atoms with Crippen LogP contribution in [0.4, 0.5) is 11.4 Å². The van der Waals surface area contributed by atoms with Gasteiger partial charge in [-0.3, -0.25) is 9.59 Å². The SMILES string of the molecule is CCCN1C(=O)C(C)(C)COc2ccc(NC(=O)c3cccc(OC)c3)cc21. The Kier molecular flexibility index (Phi) is 5.58. The lowest BCUT2D eigenvalue weighted by Crippen LogP contribution is -2.42. The van der Waals surface area contributed by atoms with E-state index in [4.69, 9.17) is 9.47 Å². The molecule has 148 valence electrons. The number of ether oxygens (including phenoxy) is 2. The normalized spacial score (nSPS) is 15.3. The third kappa shape index (κ3) is 3.96. The van der Waals surface area contributed by atoms with E-state index in [0.29, 0.717) is 41.6 Å². The van der Waals surface area contributed by atoms with Gasteiger partial charge in [0.25, 0.3) is 5.91 Å². The first-order valence-corrected chi connectivity index (χ1v) is 9.40. The quantitative estimate of drug-likeness (QED) is 0.845. The highest BCUT2D eigenvalue weighted by atomic mass is 16.5. The summed E-state index contributed by atoms with van der Waals surface area (Å²) in [5, 5.41) is 2.89. The van der Waals surface area contributed by atoms with Crippen molar-refractivity contribution in [3.8, 4) is 11.5 Å². The van der Waals surface area contributed by atoms with Crippen LogP contribution in [0.15, 0.2) is 42.5 Å². The van der Waals surface area contributed by atoms with Gasteiger partial charge >= 0.3 is 0 Å². The standard InChI is InChI=1S/C22H26N2O4/c1-5-11-24-18-13-16(9-10-19(18)28-14-22(2,3)21(24)26)23-20(25)15-7-6-8-17(12-15)27-4/h6-10,12-13H,5,11,14H2,1-4H3,(H,23,25). The van der Waals surface area contributed by atoms with Crippen LogP contribution >= 0.6 is 0 Å². The molecule has 0 fully saturated rings. The van der Waals surface area contributed by atoms with E-state index in [0.717, 1.165) is 6.42 Å². The molecule has 0 radical (unpaired) electrons. The van der Waals surface area contributed by atoms with Crippen molar-refractivity contribution in [2.45, 2.75) is 27.2 Å². The predicted molar refractivity (Wildman–Crippen MR) is 109 cm³/mol. The van der Waals surface area contributed by atoms with Crippen molar-refractivity contribution in [1.82, 2.24) is 0 Å². The Morgan fingerprint density at radius 3 is 2.75 bits per heavy atom. The summed E-state index contributed by atoms with van der Waals surface area (Å²) in [6.07, 6.45) is 0.821. The molecule has 3 rings (SSSR count). The van der Waals surface area contributed by atoms with Crippen LogP contribution in [0.25, 0.3) is 0 Å². The number of amides is 2. The minimum Gasteiger partial charge on any atom is -0.497 e. The summed E-state index contributed by atoms with van der Waals surface area (Å²) in [6, 6.07) is 12.3. The topological polar surface area (TPSA) is 67.9 Å². The van der Waals surface area contributed by atoms with Crippen LogP contribution in [0.5, 0.6) is 11.5 Å².